The highest BCUT2D eigenvalue weighted by Crippen LogP contribution is 2.38. The van der Waals surface area contributed by atoms with E-state index in [1.807, 2.05) is 0 Å². The number of alkyl halides is 3. The van der Waals surface area contributed by atoms with Crippen LogP contribution in [-0.4, -0.2) is 65.8 Å². The lowest BCUT2D eigenvalue weighted by molar-refractivity contribution is -0.137. The van der Waals surface area contributed by atoms with E-state index in [0.29, 0.717) is 12.6 Å². The summed E-state index contributed by atoms with van der Waals surface area (Å²) >= 11 is 5.55. The average molecular weight is 539 g/mol. The zero-order valence-electron chi connectivity index (χ0n) is 21.9. The first kappa shape index (κ1) is 29.3. The maximum absolute atomic E-state index is 13.5. The summed E-state index contributed by atoms with van der Waals surface area (Å²) in [6.07, 6.45) is 4.18. The second-order valence-corrected chi connectivity index (χ2v) is 10.7. The molecule has 0 saturated carbocycles. The molecular formula is C27H37F3N4O2S. The van der Waals surface area contributed by atoms with Gasteiger partial charge in [0.2, 0.25) is 0 Å². The molecule has 2 fully saturated rings. The van der Waals surface area contributed by atoms with Crippen LogP contribution < -0.4 is 4.90 Å². The van der Waals surface area contributed by atoms with Gasteiger partial charge in [-0.3, -0.25) is 14.6 Å². The van der Waals surface area contributed by atoms with E-state index in [2.05, 4.69) is 4.90 Å². The van der Waals surface area contributed by atoms with Gasteiger partial charge < -0.3 is 9.64 Å². The van der Waals surface area contributed by atoms with Crippen molar-refractivity contribution in [3.8, 4) is 6.07 Å². The Balaban J connectivity index is 1.49. The number of hydrogen-bond donors (Lipinski definition) is 0. The van der Waals surface area contributed by atoms with Crippen LogP contribution in [-0.2, 0) is 15.7 Å². The van der Waals surface area contributed by atoms with Gasteiger partial charge in [0.25, 0.3) is 5.91 Å². The van der Waals surface area contributed by atoms with Crippen LogP contribution in [0.2, 0.25) is 0 Å². The fraction of sp³-hybridized carbons (Fsp3) is 0.667. The molecule has 1 amide bonds. The van der Waals surface area contributed by atoms with Gasteiger partial charge in [0.1, 0.15) is 5.54 Å². The fourth-order valence-electron chi connectivity index (χ4n) is 5.30. The maximum atomic E-state index is 13.5. The second-order valence-electron chi connectivity index (χ2n) is 10.4. The number of likely N-dealkylation sites (tertiary alicyclic amines) is 1. The Labute approximate surface area is 223 Å². The monoisotopic (exact) mass is 538 g/mol. The van der Waals surface area contributed by atoms with Gasteiger partial charge in [0.15, 0.2) is 5.11 Å². The molecule has 0 aliphatic carbocycles. The lowest BCUT2D eigenvalue weighted by atomic mass is 10.0. The minimum atomic E-state index is -4.71. The summed E-state index contributed by atoms with van der Waals surface area (Å²) in [5.41, 5.74) is -2.49. The SMILES string of the molecule is COC[C@@H]1CCCN1CCCCCCCCN1C(=S)N(c2ccc(C#N)c(C(F)(F)F)c2)C(=O)C1(C)C. The van der Waals surface area contributed by atoms with Crippen LogP contribution in [0.15, 0.2) is 18.2 Å². The van der Waals surface area contributed by atoms with Crippen molar-refractivity contribution in [1.29, 1.82) is 5.26 Å². The zero-order chi connectivity index (χ0) is 27.2. The smallest absolute Gasteiger partial charge is 0.383 e. The maximum Gasteiger partial charge on any atom is 0.417 e. The summed E-state index contributed by atoms with van der Waals surface area (Å²) in [6, 6.07) is 5.39. The summed E-state index contributed by atoms with van der Waals surface area (Å²) in [5.74, 6) is -0.371. The van der Waals surface area contributed by atoms with Crippen molar-refractivity contribution in [2.45, 2.75) is 83.0 Å². The van der Waals surface area contributed by atoms with Crippen molar-refractivity contribution in [2.75, 3.05) is 38.3 Å². The number of halogens is 3. The number of methoxy groups -OCH3 is 1. The van der Waals surface area contributed by atoms with Gasteiger partial charge in [-0.2, -0.15) is 18.4 Å². The molecule has 0 bridgehead atoms. The van der Waals surface area contributed by atoms with Crippen molar-refractivity contribution >= 4 is 28.9 Å². The molecule has 2 heterocycles. The van der Waals surface area contributed by atoms with E-state index < -0.39 is 22.8 Å². The number of rotatable bonds is 12. The van der Waals surface area contributed by atoms with Crippen molar-refractivity contribution in [3.63, 3.8) is 0 Å². The van der Waals surface area contributed by atoms with Crippen LogP contribution in [0.3, 0.4) is 0 Å². The van der Waals surface area contributed by atoms with E-state index in [0.717, 1.165) is 57.5 Å². The number of amides is 1. The molecule has 1 aromatic carbocycles. The standard InChI is InChI=1S/C27H37F3N4O2S/c1-26(2)24(35)34(21-13-12-20(18-31)23(17-21)27(28,29)30)25(37)33(26)16-9-7-5-4-6-8-14-32-15-10-11-22(32)19-36-3/h12-13,17,22H,4-11,14-16,19H2,1-3H3/t22-/m0/s1. The number of thiocarbonyl (C=S) groups is 1. The van der Waals surface area contributed by atoms with E-state index in [4.69, 9.17) is 22.2 Å². The molecule has 6 nitrogen and oxygen atoms in total. The Morgan fingerprint density at radius 3 is 2.41 bits per heavy atom. The van der Waals surface area contributed by atoms with Crippen LogP contribution in [0.5, 0.6) is 0 Å². The summed E-state index contributed by atoms with van der Waals surface area (Å²) in [7, 11) is 1.76. The highest BCUT2D eigenvalue weighted by Gasteiger charge is 2.49. The third kappa shape index (κ3) is 6.81. The minimum absolute atomic E-state index is 0.0302. The third-order valence-electron chi connectivity index (χ3n) is 7.45. The first-order chi connectivity index (χ1) is 17.5. The van der Waals surface area contributed by atoms with Crippen molar-refractivity contribution < 1.29 is 22.7 Å². The number of carbonyl (C=O) groups is 1. The van der Waals surface area contributed by atoms with E-state index in [9.17, 15) is 18.0 Å². The highest BCUT2D eigenvalue weighted by atomic mass is 32.1. The number of nitriles is 1. The molecule has 2 aliphatic heterocycles. The van der Waals surface area contributed by atoms with Crippen LogP contribution in [0.4, 0.5) is 18.9 Å². The summed E-state index contributed by atoms with van der Waals surface area (Å²) in [6.45, 7) is 7.13. The van der Waals surface area contributed by atoms with Gasteiger partial charge in [-0.15, -0.1) is 0 Å². The number of nitrogens with zero attached hydrogens (tertiary/aromatic N) is 4. The van der Waals surface area contributed by atoms with Crippen LogP contribution in [0, 0.1) is 11.3 Å². The average Bonchev–Trinajstić information content (AvgIpc) is 3.35. The molecule has 204 valence electrons. The van der Waals surface area contributed by atoms with E-state index in [-0.39, 0.29) is 16.7 Å². The van der Waals surface area contributed by atoms with Gasteiger partial charge in [0, 0.05) is 19.7 Å². The molecule has 0 spiro atoms. The summed E-state index contributed by atoms with van der Waals surface area (Å²) in [5, 5.41) is 9.26. The molecule has 1 atom stereocenters. The van der Waals surface area contributed by atoms with E-state index in [1.165, 1.54) is 36.6 Å². The first-order valence-corrected chi connectivity index (χ1v) is 13.4. The first-order valence-electron chi connectivity index (χ1n) is 13.0. The molecule has 2 aliphatic rings. The summed E-state index contributed by atoms with van der Waals surface area (Å²) < 4.78 is 45.7. The topological polar surface area (TPSA) is 59.8 Å². The normalized spacial score (nSPS) is 20.2. The molecule has 10 heteroatoms. The van der Waals surface area contributed by atoms with Crippen LogP contribution >= 0.6 is 12.2 Å². The molecule has 3 rings (SSSR count). The van der Waals surface area contributed by atoms with Gasteiger partial charge in [-0.05, 0) is 83.0 Å². The Morgan fingerprint density at radius 1 is 1.14 bits per heavy atom. The Kier molecular flexibility index (Phi) is 9.95. The number of ether oxygens (including phenoxy) is 1. The lowest BCUT2D eigenvalue weighted by Crippen LogP contribution is -2.44. The molecular weight excluding hydrogens is 501 g/mol. The quantitative estimate of drug-likeness (QED) is 0.250. The second kappa shape index (κ2) is 12.5. The Bertz CT molecular complexity index is 1010. The molecule has 37 heavy (non-hydrogen) atoms. The van der Waals surface area contributed by atoms with E-state index >= 15 is 0 Å². The van der Waals surface area contributed by atoms with Crippen molar-refractivity contribution in [3.05, 3.63) is 29.3 Å². The van der Waals surface area contributed by atoms with Crippen molar-refractivity contribution in [2.24, 2.45) is 0 Å². The predicted octanol–water partition coefficient (Wildman–Crippen LogP) is 5.74. The zero-order valence-corrected chi connectivity index (χ0v) is 22.8. The summed E-state index contributed by atoms with van der Waals surface area (Å²) in [4.78, 5) is 18.7. The molecule has 0 aromatic heterocycles. The van der Waals surface area contributed by atoms with Crippen LogP contribution in [0.1, 0.15) is 76.3 Å². The van der Waals surface area contributed by atoms with Crippen molar-refractivity contribution in [1.82, 2.24) is 9.80 Å². The third-order valence-corrected chi connectivity index (χ3v) is 7.85. The minimum Gasteiger partial charge on any atom is -0.383 e. The van der Waals surface area contributed by atoms with Gasteiger partial charge in [0.05, 0.1) is 29.5 Å². The van der Waals surface area contributed by atoms with Crippen LogP contribution in [0.25, 0.3) is 0 Å². The number of carbonyl (C=O) groups excluding carboxylic acids is 1. The number of unbranched alkanes of at least 4 members (excludes halogenated alkanes) is 5. The number of benzene rings is 1. The Morgan fingerprint density at radius 2 is 1.78 bits per heavy atom. The van der Waals surface area contributed by atoms with Gasteiger partial charge in [-0.1, -0.05) is 25.7 Å². The largest absolute Gasteiger partial charge is 0.417 e. The number of hydrogen-bond acceptors (Lipinski definition) is 5. The fourth-order valence-corrected chi connectivity index (χ4v) is 5.81. The molecule has 0 N–H and O–H groups in total. The van der Waals surface area contributed by atoms with Gasteiger partial charge in [-0.25, -0.2) is 0 Å². The predicted molar refractivity (Wildman–Crippen MR) is 141 cm³/mol. The molecule has 0 unspecified atom stereocenters. The lowest BCUT2D eigenvalue weighted by Gasteiger charge is -2.29. The van der Waals surface area contributed by atoms with Gasteiger partial charge >= 0.3 is 6.18 Å². The molecule has 0 radical (unpaired) electrons. The highest BCUT2D eigenvalue weighted by molar-refractivity contribution is 7.80. The Hall–Kier alpha value is -2.22. The number of anilines is 1. The molecule has 1 aromatic rings. The van der Waals surface area contributed by atoms with E-state index in [1.54, 1.807) is 31.9 Å². The molecule has 2 saturated heterocycles.